The topological polar surface area (TPSA) is 92.7 Å². The summed E-state index contributed by atoms with van der Waals surface area (Å²) in [5, 5.41) is 11.3. The Kier molecular flexibility index (Phi) is 12.3. The highest BCUT2D eigenvalue weighted by Gasteiger charge is 2.32. The van der Waals surface area contributed by atoms with Crippen molar-refractivity contribution in [2.24, 2.45) is 11.8 Å². The van der Waals surface area contributed by atoms with Gasteiger partial charge in [-0.3, -0.25) is 14.9 Å². The monoisotopic (exact) mass is 461 g/mol. The van der Waals surface area contributed by atoms with E-state index in [1.54, 1.807) is 29.9 Å². The Labute approximate surface area is 191 Å². The van der Waals surface area contributed by atoms with Crippen LogP contribution in [-0.2, 0) is 14.3 Å². The van der Waals surface area contributed by atoms with Gasteiger partial charge in [0.25, 0.3) is 0 Å². The maximum atomic E-state index is 12.7. The molecule has 0 fully saturated rings. The van der Waals surface area contributed by atoms with Crippen molar-refractivity contribution >= 4 is 39.4 Å². The molecule has 0 aromatic carbocycles. The first-order chi connectivity index (χ1) is 14.8. The van der Waals surface area contributed by atoms with Crippen LogP contribution >= 0.6 is 21.6 Å². The molecule has 2 atom stereocenters. The lowest BCUT2D eigenvalue weighted by Crippen LogP contribution is -2.34. The van der Waals surface area contributed by atoms with Crippen LogP contribution in [0.5, 0.6) is 0 Å². The van der Waals surface area contributed by atoms with E-state index >= 15 is 0 Å². The standard InChI is InChI=1S/C23H27NO5S2/c1-5-6-7-8-9-10-16(2)21-18(11-13-30-31-14-12-20(26)27)17(3)15-19(25)22(21)24-23(28)29-4/h7-8,11,16-17H,12-15H2,1-4H3,(H,24,28)(H,26,27)/b8-7-,18-11-/t16-,17?/m0/s1. The number of carbonyl (C=O) groups excluding carboxylic acids is 2. The molecule has 1 rings (SSSR count). The number of methoxy groups -OCH3 is 1. The molecule has 0 saturated heterocycles. The van der Waals surface area contributed by atoms with Crippen molar-refractivity contribution in [3.63, 3.8) is 0 Å². The summed E-state index contributed by atoms with van der Waals surface area (Å²) in [5.74, 6) is 11.4. The number of ketones is 1. The molecule has 1 amide bonds. The first kappa shape index (κ1) is 26.5. The molecule has 0 aromatic rings. The SMILES string of the molecule is CC#C/C=C\C#C[C@H](C)C1=C(NC(=O)OC)C(=O)CC(C)/C1=C/CSSCCC(=O)O. The predicted octanol–water partition coefficient (Wildman–Crippen LogP) is 4.21. The van der Waals surface area contributed by atoms with Gasteiger partial charge in [0.1, 0.15) is 0 Å². The van der Waals surface area contributed by atoms with Crippen LogP contribution in [0.4, 0.5) is 4.79 Å². The fraction of sp³-hybridized carbons (Fsp3) is 0.435. The molecule has 1 aliphatic carbocycles. The van der Waals surface area contributed by atoms with Gasteiger partial charge >= 0.3 is 12.1 Å². The normalized spacial score (nSPS) is 18.1. The van der Waals surface area contributed by atoms with Crippen molar-refractivity contribution in [1.29, 1.82) is 0 Å². The molecule has 6 nitrogen and oxygen atoms in total. The van der Waals surface area contributed by atoms with Crippen molar-refractivity contribution in [2.45, 2.75) is 33.6 Å². The summed E-state index contributed by atoms with van der Waals surface area (Å²) in [6, 6.07) is 0. The molecular weight excluding hydrogens is 434 g/mol. The third-order valence-corrected chi connectivity index (χ3v) is 6.52. The minimum absolute atomic E-state index is 0.0268. The average molecular weight is 462 g/mol. The molecule has 8 heteroatoms. The molecule has 31 heavy (non-hydrogen) atoms. The summed E-state index contributed by atoms with van der Waals surface area (Å²) in [7, 11) is 4.28. The number of carboxylic acids is 1. The van der Waals surface area contributed by atoms with E-state index in [1.165, 1.54) is 17.9 Å². The highest BCUT2D eigenvalue weighted by Crippen LogP contribution is 2.36. The maximum Gasteiger partial charge on any atom is 0.411 e. The average Bonchev–Trinajstić information content (AvgIpc) is 2.72. The molecule has 0 spiro atoms. The third-order valence-electron chi connectivity index (χ3n) is 4.28. The number of alkyl carbamates (subject to hydrolysis) is 1. The van der Waals surface area contributed by atoms with Crippen molar-refractivity contribution in [3.05, 3.63) is 35.1 Å². The lowest BCUT2D eigenvalue weighted by Gasteiger charge is -2.29. The van der Waals surface area contributed by atoms with Crippen LogP contribution in [0.25, 0.3) is 0 Å². The fourth-order valence-corrected chi connectivity index (χ4v) is 4.71. The smallest absolute Gasteiger partial charge is 0.411 e. The number of hydrogen-bond acceptors (Lipinski definition) is 6. The second-order valence-corrected chi connectivity index (χ2v) is 9.21. The van der Waals surface area contributed by atoms with E-state index in [0.717, 1.165) is 5.57 Å². The lowest BCUT2D eigenvalue weighted by atomic mass is 9.77. The number of allylic oxidation sites excluding steroid dienone is 5. The van der Waals surface area contributed by atoms with Gasteiger partial charge in [-0.05, 0) is 43.1 Å². The molecule has 166 valence electrons. The molecule has 0 heterocycles. The Bertz CT molecular complexity index is 896. The molecule has 0 saturated carbocycles. The van der Waals surface area contributed by atoms with E-state index in [-0.39, 0.29) is 36.2 Å². The van der Waals surface area contributed by atoms with Gasteiger partial charge in [-0.1, -0.05) is 52.3 Å². The number of carboxylic acid groups (broad SMARTS) is 1. The number of hydrogen-bond donors (Lipinski definition) is 2. The second kappa shape index (κ2) is 14.5. The Morgan fingerprint density at radius 1 is 1.32 bits per heavy atom. The lowest BCUT2D eigenvalue weighted by molar-refractivity contribution is -0.136. The zero-order valence-corrected chi connectivity index (χ0v) is 19.7. The quantitative estimate of drug-likeness (QED) is 0.318. The number of amides is 1. The van der Waals surface area contributed by atoms with Crippen molar-refractivity contribution in [3.8, 4) is 23.7 Å². The number of carbonyl (C=O) groups is 3. The molecule has 0 aliphatic heterocycles. The van der Waals surface area contributed by atoms with Gasteiger partial charge in [-0.15, -0.1) is 5.92 Å². The highest BCUT2D eigenvalue weighted by atomic mass is 33.1. The highest BCUT2D eigenvalue weighted by molar-refractivity contribution is 8.76. The van der Waals surface area contributed by atoms with Crippen LogP contribution in [0.1, 0.15) is 33.6 Å². The molecule has 0 radical (unpaired) electrons. The summed E-state index contributed by atoms with van der Waals surface area (Å²) in [5.41, 5.74) is 1.86. The number of Topliss-reactive ketones (excluding diaryl/α,β-unsaturated/α-hetero) is 1. The van der Waals surface area contributed by atoms with Crippen molar-refractivity contribution < 1.29 is 24.2 Å². The van der Waals surface area contributed by atoms with E-state index in [9.17, 15) is 14.4 Å². The predicted molar refractivity (Wildman–Crippen MR) is 126 cm³/mol. The van der Waals surface area contributed by atoms with Gasteiger partial charge in [-0.2, -0.15) is 0 Å². The summed E-state index contributed by atoms with van der Waals surface area (Å²) < 4.78 is 4.69. The molecule has 2 N–H and O–H groups in total. The number of aliphatic carboxylic acids is 1. The molecule has 1 aliphatic rings. The van der Waals surface area contributed by atoms with Crippen LogP contribution in [0, 0.1) is 35.5 Å². The van der Waals surface area contributed by atoms with Crippen LogP contribution < -0.4 is 5.32 Å². The second-order valence-electron chi connectivity index (χ2n) is 6.58. The van der Waals surface area contributed by atoms with E-state index in [4.69, 9.17) is 5.11 Å². The van der Waals surface area contributed by atoms with Crippen LogP contribution in [0.2, 0.25) is 0 Å². The Hall–Kier alpha value is -2.55. The summed E-state index contributed by atoms with van der Waals surface area (Å²) in [6.45, 7) is 5.59. The van der Waals surface area contributed by atoms with Gasteiger partial charge in [-0.25, -0.2) is 4.79 Å². The van der Waals surface area contributed by atoms with Crippen LogP contribution in [-0.4, -0.2) is 41.6 Å². The van der Waals surface area contributed by atoms with Gasteiger partial charge in [0.15, 0.2) is 5.78 Å². The van der Waals surface area contributed by atoms with Crippen molar-refractivity contribution in [2.75, 3.05) is 18.6 Å². The van der Waals surface area contributed by atoms with Gasteiger partial charge in [0, 0.05) is 23.8 Å². The van der Waals surface area contributed by atoms with Gasteiger partial charge < -0.3 is 9.84 Å². The minimum Gasteiger partial charge on any atom is -0.481 e. The number of ether oxygens (including phenoxy) is 1. The summed E-state index contributed by atoms with van der Waals surface area (Å²) >= 11 is 0. The molecule has 1 unspecified atom stereocenters. The maximum absolute atomic E-state index is 12.7. The third kappa shape index (κ3) is 9.42. The fourth-order valence-electron chi connectivity index (χ4n) is 2.89. The van der Waals surface area contributed by atoms with Crippen molar-refractivity contribution in [1.82, 2.24) is 5.32 Å². The first-order valence-corrected chi connectivity index (χ1v) is 12.2. The van der Waals surface area contributed by atoms with E-state index in [0.29, 0.717) is 17.1 Å². The Morgan fingerprint density at radius 3 is 2.68 bits per heavy atom. The molecular formula is C23H27NO5S2. The first-order valence-electron chi connectivity index (χ1n) is 9.69. The Balaban J connectivity index is 3.20. The summed E-state index contributed by atoms with van der Waals surface area (Å²) in [6.07, 6.45) is 5.01. The minimum atomic E-state index is -0.819. The van der Waals surface area contributed by atoms with Gasteiger partial charge in [0.05, 0.1) is 19.2 Å². The van der Waals surface area contributed by atoms with E-state index < -0.39 is 12.1 Å². The Morgan fingerprint density at radius 2 is 2.03 bits per heavy atom. The van der Waals surface area contributed by atoms with Gasteiger partial charge in [0.2, 0.25) is 0 Å². The van der Waals surface area contributed by atoms with Crippen LogP contribution in [0.15, 0.2) is 35.1 Å². The number of rotatable bonds is 8. The molecule has 0 aromatic heterocycles. The van der Waals surface area contributed by atoms with E-state index in [2.05, 4.69) is 33.7 Å². The van der Waals surface area contributed by atoms with E-state index in [1.807, 2.05) is 19.9 Å². The molecule has 0 bridgehead atoms. The number of nitrogens with one attached hydrogen (secondary N) is 1. The zero-order chi connectivity index (χ0) is 23.2. The summed E-state index contributed by atoms with van der Waals surface area (Å²) in [4.78, 5) is 35.2. The largest absolute Gasteiger partial charge is 0.481 e. The zero-order valence-electron chi connectivity index (χ0n) is 18.1. The van der Waals surface area contributed by atoms with Crippen LogP contribution in [0.3, 0.4) is 0 Å².